The van der Waals surface area contributed by atoms with Crippen LogP contribution in [0.4, 0.5) is 4.39 Å². The number of rotatable bonds is 7. The van der Waals surface area contributed by atoms with Gasteiger partial charge in [-0.2, -0.15) is 0 Å². The molecule has 1 aliphatic rings. The minimum Gasteiger partial charge on any atom is -0.489 e. The van der Waals surface area contributed by atoms with Crippen LogP contribution in [0.3, 0.4) is 0 Å². The number of aliphatic hydroxyl groups is 1. The number of carbonyl (C=O) groups is 1. The second-order valence-corrected chi connectivity index (χ2v) is 8.54. The number of carbonyl (C=O) groups excluding carboxylic acids is 1. The molecule has 1 N–H and O–H groups in total. The molecule has 1 aromatic heterocycles. The van der Waals surface area contributed by atoms with Gasteiger partial charge in [-0.05, 0) is 64.6 Å². The van der Waals surface area contributed by atoms with E-state index in [9.17, 15) is 14.3 Å². The summed E-state index contributed by atoms with van der Waals surface area (Å²) in [4.78, 5) is 11.7. The fourth-order valence-electron chi connectivity index (χ4n) is 3.94. The molecule has 6 heteroatoms. The van der Waals surface area contributed by atoms with Crippen molar-refractivity contribution in [3.05, 3.63) is 83.6 Å². The van der Waals surface area contributed by atoms with Crippen LogP contribution in [0.2, 0.25) is 0 Å². The van der Waals surface area contributed by atoms with Crippen molar-refractivity contribution >= 4 is 12.0 Å². The lowest BCUT2D eigenvalue weighted by atomic mass is 9.89. The Hall–Kier alpha value is -3.38. The second kappa shape index (κ2) is 10.0. The van der Waals surface area contributed by atoms with E-state index in [2.05, 4.69) is 13.8 Å². The van der Waals surface area contributed by atoms with Crippen molar-refractivity contribution in [2.45, 2.75) is 51.4 Å². The average Bonchev–Trinajstić information content (AvgIpc) is 3.29. The van der Waals surface area contributed by atoms with Gasteiger partial charge in [-0.1, -0.05) is 32.1 Å². The molecule has 1 saturated heterocycles. The maximum atomic E-state index is 13.6. The maximum Gasteiger partial charge on any atom is 0.309 e. The van der Waals surface area contributed by atoms with Gasteiger partial charge in [-0.3, -0.25) is 4.79 Å². The summed E-state index contributed by atoms with van der Waals surface area (Å²) in [5.74, 6) is 0.140. The predicted molar refractivity (Wildman–Crippen MR) is 123 cm³/mol. The van der Waals surface area contributed by atoms with E-state index in [0.717, 1.165) is 27.8 Å². The SMILES string of the molecule is CC(C)c1cc(OCc2ccoc2)cc(-c2ccc(F)cc2)c1/C=C/[C@H]1C[C@H](O)CC(=O)O1. The number of aliphatic hydroxyl groups excluding tert-OH is 1. The molecule has 5 nitrogen and oxygen atoms in total. The normalized spacial score (nSPS) is 18.6. The quantitative estimate of drug-likeness (QED) is 0.456. The van der Waals surface area contributed by atoms with Gasteiger partial charge in [0.2, 0.25) is 0 Å². The van der Waals surface area contributed by atoms with Crippen LogP contribution < -0.4 is 4.74 Å². The lowest BCUT2D eigenvalue weighted by Crippen LogP contribution is -2.31. The van der Waals surface area contributed by atoms with Gasteiger partial charge in [0.25, 0.3) is 0 Å². The molecule has 0 spiro atoms. The van der Waals surface area contributed by atoms with E-state index in [1.165, 1.54) is 12.1 Å². The first kappa shape index (κ1) is 22.8. The molecule has 4 rings (SSSR count). The summed E-state index contributed by atoms with van der Waals surface area (Å²) in [6.45, 7) is 4.54. The van der Waals surface area contributed by atoms with Crippen LogP contribution in [-0.2, 0) is 16.1 Å². The molecule has 0 radical (unpaired) electrons. The zero-order chi connectivity index (χ0) is 23.4. The summed E-state index contributed by atoms with van der Waals surface area (Å²) in [6, 6.07) is 12.1. The van der Waals surface area contributed by atoms with Gasteiger partial charge in [0.1, 0.15) is 24.3 Å². The lowest BCUT2D eigenvalue weighted by molar-refractivity contribution is -0.156. The number of cyclic esters (lactones) is 1. The van der Waals surface area contributed by atoms with Gasteiger partial charge < -0.3 is 19.0 Å². The van der Waals surface area contributed by atoms with E-state index in [1.807, 2.05) is 24.3 Å². The van der Waals surface area contributed by atoms with Gasteiger partial charge in [-0.25, -0.2) is 4.39 Å². The standard InChI is InChI=1S/C27H27FO5/c1-17(2)25-13-23(32-16-18-9-10-31-15-18)14-26(19-3-5-20(28)6-4-19)24(25)8-7-22-11-21(29)12-27(30)33-22/h3-10,13-15,17,21-22,29H,11-12,16H2,1-2H3/b8-7+/t21-,22-/m0/s1. The van der Waals surface area contributed by atoms with Gasteiger partial charge in [0.15, 0.2) is 0 Å². The number of hydrogen-bond acceptors (Lipinski definition) is 5. The van der Waals surface area contributed by atoms with Gasteiger partial charge >= 0.3 is 5.97 Å². The van der Waals surface area contributed by atoms with Crippen LogP contribution in [0.1, 0.15) is 49.3 Å². The number of ether oxygens (including phenoxy) is 2. The zero-order valence-corrected chi connectivity index (χ0v) is 18.7. The van der Waals surface area contributed by atoms with Crippen LogP contribution in [-0.4, -0.2) is 23.3 Å². The molecule has 0 aliphatic carbocycles. The highest BCUT2D eigenvalue weighted by Crippen LogP contribution is 2.36. The van der Waals surface area contributed by atoms with E-state index in [-0.39, 0.29) is 18.2 Å². The second-order valence-electron chi connectivity index (χ2n) is 8.54. The molecule has 0 amide bonds. The largest absolute Gasteiger partial charge is 0.489 e. The Morgan fingerprint density at radius 2 is 2.00 bits per heavy atom. The Morgan fingerprint density at radius 3 is 2.67 bits per heavy atom. The minimum atomic E-state index is -0.708. The highest BCUT2D eigenvalue weighted by atomic mass is 19.1. The Kier molecular flexibility index (Phi) is 6.94. The van der Waals surface area contributed by atoms with Crippen LogP contribution in [0.5, 0.6) is 5.75 Å². The fourth-order valence-corrected chi connectivity index (χ4v) is 3.94. The molecule has 1 fully saturated rings. The number of hydrogen-bond donors (Lipinski definition) is 1. The molecule has 0 bridgehead atoms. The third-order valence-corrected chi connectivity index (χ3v) is 5.62. The van der Waals surface area contributed by atoms with Crippen molar-refractivity contribution in [1.82, 2.24) is 0 Å². The summed E-state index contributed by atoms with van der Waals surface area (Å²) in [7, 11) is 0. The minimum absolute atomic E-state index is 0.0190. The van der Waals surface area contributed by atoms with Crippen LogP contribution in [0.25, 0.3) is 17.2 Å². The molecule has 33 heavy (non-hydrogen) atoms. The highest BCUT2D eigenvalue weighted by molar-refractivity contribution is 5.79. The van der Waals surface area contributed by atoms with E-state index >= 15 is 0 Å². The first-order chi connectivity index (χ1) is 15.9. The topological polar surface area (TPSA) is 68.9 Å². The summed E-state index contributed by atoms with van der Waals surface area (Å²) < 4.78 is 30.1. The van der Waals surface area contributed by atoms with Gasteiger partial charge in [0, 0.05) is 12.0 Å². The Morgan fingerprint density at radius 1 is 1.21 bits per heavy atom. The summed E-state index contributed by atoms with van der Waals surface area (Å²) >= 11 is 0. The van der Waals surface area contributed by atoms with E-state index in [0.29, 0.717) is 18.8 Å². The summed E-state index contributed by atoms with van der Waals surface area (Å²) in [6.07, 6.45) is 6.14. The smallest absolute Gasteiger partial charge is 0.309 e. The van der Waals surface area contributed by atoms with Crippen molar-refractivity contribution < 1.29 is 28.2 Å². The summed E-state index contributed by atoms with van der Waals surface area (Å²) in [5.41, 5.74) is 4.61. The molecule has 1 aliphatic heterocycles. The monoisotopic (exact) mass is 450 g/mol. The number of halogens is 1. The van der Waals surface area contributed by atoms with Gasteiger partial charge in [0.05, 0.1) is 25.1 Å². The molecular weight excluding hydrogens is 423 g/mol. The predicted octanol–water partition coefficient (Wildman–Crippen LogP) is 5.87. The van der Waals surface area contributed by atoms with Crippen molar-refractivity contribution in [3.63, 3.8) is 0 Å². The van der Waals surface area contributed by atoms with Crippen molar-refractivity contribution in [2.24, 2.45) is 0 Å². The first-order valence-electron chi connectivity index (χ1n) is 11.0. The van der Waals surface area contributed by atoms with Crippen molar-refractivity contribution in [2.75, 3.05) is 0 Å². The Bertz CT molecular complexity index is 1120. The fraction of sp³-hybridized carbons (Fsp3) is 0.296. The van der Waals surface area contributed by atoms with Gasteiger partial charge in [-0.15, -0.1) is 0 Å². The molecular formula is C27H27FO5. The van der Waals surface area contributed by atoms with E-state index in [4.69, 9.17) is 13.9 Å². The molecule has 2 aromatic carbocycles. The maximum absolute atomic E-state index is 13.6. The molecule has 2 heterocycles. The van der Waals surface area contributed by atoms with Crippen molar-refractivity contribution in [3.8, 4) is 16.9 Å². The Labute approximate surface area is 192 Å². The Balaban J connectivity index is 1.74. The van der Waals surface area contributed by atoms with Crippen LogP contribution >= 0.6 is 0 Å². The molecule has 2 atom stereocenters. The van der Waals surface area contributed by atoms with Crippen LogP contribution in [0, 0.1) is 5.82 Å². The highest BCUT2D eigenvalue weighted by Gasteiger charge is 2.25. The number of esters is 1. The molecule has 172 valence electrons. The van der Waals surface area contributed by atoms with Crippen LogP contribution in [0.15, 0.2) is 65.5 Å². The third kappa shape index (κ3) is 5.71. The van der Waals surface area contributed by atoms with Crippen molar-refractivity contribution in [1.29, 1.82) is 0 Å². The lowest BCUT2D eigenvalue weighted by Gasteiger charge is -2.24. The van der Waals surface area contributed by atoms with E-state index < -0.39 is 18.2 Å². The molecule has 0 saturated carbocycles. The molecule has 0 unspecified atom stereocenters. The average molecular weight is 451 g/mol. The molecule has 3 aromatic rings. The first-order valence-corrected chi connectivity index (χ1v) is 11.0. The number of benzene rings is 2. The third-order valence-electron chi connectivity index (χ3n) is 5.62. The van der Waals surface area contributed by atoms with E-state index in [1.54, 1.807) is 30.7 Å². The summed E-state index contributed by atoms with van der Waals surface area (Å²) in [5, 5.41) is 9.93. The zero-order valence-electron chi connectivity index (χ0n) is 18.7. The number of furan rings is 1.